The summed E-state index contributed by atoms with van der Waals surface area (Å²) in [7, 11) is 0. The number of rotatable bonds is 0. The molecule has 0 aromatic heterocycles. The lowest BCUT2D eigenvalue weighted by Gasteiger charge is -2.12. The Labute approximate surface area is 105 Å². The van der Waals surface area contributed by atoms with E-state index in [1.54, 1.807) is 24.3 Å². The van der Waals surface area contributed by atoms with Gasteiger partial charge in [-0.25, -0.2) is 0 Å². The molecule has 0 saturated heterocycles. The van der Waals surface area contributed by atoms with E-state index in [1.807, 2.05) is 24.3 Å². The molecule has 2 aromatic carbocycles. The fraction of sp³-hybridized carbons (Fsp3) is 0.143. The SMILES string of the molecule is [O-]/[N+]1=[N+](\[O-])c2ccccc2CCc2ccccc21. The smallest absolute Gasteiger partial charge is 0.290 e. The zero-order valence-corrected chi connectivity index (χ0v) is 9.74. The summed E-state index contributed by atoms with van der Waals surface area (Å²) in [5.41, 5.74) is 2.68. The number of fused-ring (bicyclic) bond motifs is 2. The first-order chi connectivity index (χ1) is 8.77. The Hall–Kier alpha value is -2.36. The van der Waals surface area contributed by atoms with Crippen LogP contribution in [-0.4, -0.2) is 9.72 Å². The third-order valence-corrected chi connectivity index (χ3v) is 3.22. The van der Waals surface area contributed by atoms with E-state index in [-0.39, 0.29) is 0 Å². The maximum absolute atomic E-state index is 12.1. The Morgan fingerprint density at radius 2 is 1.06 bits per heavy atom. The van der Waals surface area contributed by atoms with E-state index in [1.165, 1.54) is 0 Å². The van der Waals surface area contributed by atoms with Crippen LogP contribution in [0.2, 0.25) is 0 Å². The van der Waals surface area contributed by atoms with Crippen molar-refractivity contribution in [3.8, 4) is 0 Å². The molecule has 0 radical (unpaired) electrons. The van der Waals surface area contributed by atoms with Gasteiger partial charge in [-0.3, -0.25) is 0 Å². The Morgan fingerprint density at radius 1 is 0.667 bits per heavy atom. The number of nitrogens with zero attached hydrogens (tertiary/aromatic N) is 2. The summed E-state index contributed by atoms with van der Waals surface area (Å²) in [6.45, 7) is 0. The number of benzene rings is 2. The van der Waals surface area contributed by atoms with Crippen LogP contribution in [0.1, 0.15) is 11.1 Å². The van der Waals surface area contributed by atoms with Crippen LogP contribution in [0.5, 0.6) is 0 Å². The molecule has 1 aliphatic rings. The highest BCUT2D eigenvalue weighted by Crippen LogP contribution is 2.28. The van der Waals surface area contributed by atoms with Crippen molar-refractivity contribution in [3.05, 3.63) is 70.1 Å². The summed E-state index contributed by atoms with van der Waals surface area (Å²) in [6, 6.07) is 14.5. The summed E-state index contributed by atoms with van der Waals surface area (Å²) >= 11 is 0. The molecule has 18 heavy (non-hydrogen) atoms. The van der Waals surface area contributed by atoms with Gasteiger partial charge in [-0.05, 0) is 12.8 Å². The van der Waals surface area contributed by atoms with Crippen LogP contribution in [0.15, 0.2) is 48.5 Å². The largest absolute Gasteiger partial charge is 0.561 e. The van der Waals surface area contributed by atoms with Crippen molar-refractivity contribution in [3.63, 3.8) is 0 Å². The third kappa shape index (κ3) is 1.62. The number of hydrogen-bond acceptors (Lipinski definition) is 2. The Kier molecular flexibility index (Phi) is 2.48. The molecule has 1 aliphatic heterocycles. The van der Waals surface area contributed by atoms with Crippen LogP contribution >= 0.6 is 0 Å². The predicted octanol–water partition coefficient (Wildman–Crippen LogP) is 3.22. The number of azo groups is 1. The zero-order valence-electron chi connectivity index (χ0n) is 9.74. The molecule has 0 amide bonds. The van der Waals surface area contributed by atoms with Gasteiger partial charge in [-0.15, -0.1) is 0 Å². The van der Waals surface area contributed by atoms with Gasteiger partial charge in [0, 0.05) is 23.3 Å². The number of hydrogen-bond donors (Lipinski definition) is 0. The third-order valence-electron chi connectivity index (χ3n) is 3.22. The van der Waals surface area contributed by atoms with Crippen LogP contribution in [-0.2, 0) is 12.8 Å². The van der Waals surface area contributed by atoms with Crippen molar-refractivity contribution in [2.75, 3.05) is 0 Å². The summed E-state index contributed by atoms with van der Waals surface area (Å²) in [5, 5.41) is 24.2. The maximum Gasteiger partial charge on any atom is 0.290 e. The van der Waals surface area contributed by atoms with Crippen LogP contribution in [0.25, 0.3) is 0 Å². The topological polar surface area (TPSA) is 52.1 Å². The normalized spacial score (nSPS) is 18.4. The van der Waals surface area contributed by atoms with Crippen molar-refractivity contribution in [1.82, 2.24) is 0 Å². The fourth-order valence-corrected chi connectivity index (χ4v) is 2.28. The molecule has 0 spiro atoms. The minimum Gasteiger partial charge on any atom is -0.561 e. The van der Waals surface area contributed by atoms with Crippen LogP contribution in [0, 0.1) is 10.4 Å². The molecule has 2 aromatic rings. The first-order valence-electron chi connectivity index (χ1n) is 5.87. The van der Waals surface area contributed by atoms with Gasteiger partial charge in [0.2, 0.25) is 0 Å². The van der Waals surface area contributed by atoms with Gasteiger partial charge in [0.15, 0.2) is 0 Å². The highest BCUT2D eigenvalue weighted by atomic mass is 16.6. The average molecular weight is 240 g/mol. The predicted molar refractivity (Wildman–Crippen MR) is 66.9 cm³/mol. The molecule has 0 bridgehead atoms. The Balaban J connectivity index is 2.27. The molecule has 4 nitrogen and oxygen atoms in total. The van der Waals surface area contributed by atoms with Gasteiger partial charge in [0.25, 0.3) is 11.4 Å². The lowest BCUT2D eigenvalue weighted by atomic mass is 10.0. The van der Waals surface area contributed by atoms with Crippen molar-refractivity contribution in [2.45, 2.75) is 12.8 Å². The lowest BCUT2D eigenvalue weighted by molar-refractivity contribution is -0.897. The average Bonchev–Trinajstić information content (AvgIpc) is 2.43. The summed E-state index contributed by atoms with van der Waals surface area (Å²) in [5.74, 6) is 0. The monoisotopic (exact) mass is 240 g/mol. The van der Waals surface area contributed by atoms with Gasteiger partial charge in [-0.2, -0.15) is 0 Å². The van der Waals surface area contributed by atoms with Gasteiger partial charge in [-0.1, -0.05) is 36.4 Å². The highest BCUT2D eigenvalue weighted by Gasteiger charge is 2.24. The summed E-state index contributed by atoms with van der Waals surface area (Å²) < 4.78 is 0. The standard InChI is InChI=1S/C14H12N2O2/c17-15-13-7-3-1-5-11(13)9-10-12-6-2-4-8-14(12)16(15)18/h1-8H,9-10H2/b16-15-. The van der Waals surface area contributed by atoms with Gasteiger partial charge in [0.1, 0.15) is 0 Å². The molecular formula is C14H12N2O2. The second-order valence-electron chi connectivity index (χ2n) is 4.30. The number of para-hydroxylation sites is 2. The zero-order chi connectivity index (χ0) is 12.5. The maximum atomic E-state index is 12.1. The van der Waals surface area contributed by atoms with Crippen LogP contribution in [0.4, 0.5) is 11.4 Å². The molecule has 0 atom stereocenters. The minimum atomic E-state index is 0.424. The van der Waals surface area contributed by atoms with Crippen LogP contribution < -0.4 is 0 Å². The quantitative estimate of drug-likeness (QED) is 0.524. The Morgan fingerprint density at radius 3 is 1.50 bits per heavy atom. The van der Waals surface area contributed by atoms with Crippen molar-refractivity contribution < 1.29 is 9.72 Å². The van der Waals surface area contributed by atoms with E-state index in [0.29, 0.717) is 21.1 Å². The molecule has 0 aliphatic carbocycles. The van der Waals surface area contributed by atoms with Gasteiger partial charge >= 0.3 is 0 Å². The second-order valence-corrected chi connectivity index (χ2v) is 4.30. The van der Waals surface area contributed by atoms with Crippen molar-refractivity contribution >= 4 is 11.4 Å². The molecule has 0 fully saturated rings. The van der Waals surface area contributed by atoms with E-state index >= 15 is 0 Å². The molecule has 1 heterocycles. The Bertz CT molecular complexity index is 580. The van der Waals surface area contributed by atoms with Crippen LogP contribution in [0.3, 0.4) is 0 Å². The first-order valence-corrected chi connectivity index (χ1v) is 5.87. The molecule has 0 N–H and O–H groups in total. The van der Waals surface area contributed by atoms with E-state index in [4.69, 9.17) is 0 Å². The highest BCUT2D eigenvalue weighted by molar-refractivity contribution is 5.44. The van der Waals surface area contributed by atoms with E-state index < -0.39 is 0 Å². The second kappa shape index (κ2) is 4.14. The molecule has 0 unspecified atom stereocenters. The van der Waals surface area contributed by atoms with E-state index in [0.717, 1.165) is 24.0 Å². The van der Waals surface area contributed by atoms with Gasteiger partial charge < -0.3 is 10.4 Å². The van der Waals surface area contributed by atoms with Crippen molar-refractivity contribution in [2.24, 2.45) is 0 Å². The molecule has 0 saturated carbocycles. The molecule has 3 rings (SSSR count). The minimum absolute atomic E-state index is 0.424. The lowest BCUT2D eigenvalue weighted by Crippen LogP contribution is -2.14. The fourth-order valence-electron chi connectivity index (χ4n) is 2.28. The molecule has 90 valence electrons. The summed E-state index contributed by atoms with van der Waals surface area (Å²) in [6.07, 6.45) is 1.53. The van der Waals surface area contributed by atoms with E-state index in [9.17, 15) is 10.4 Å². The molecule has 4 heteroatoms. The summed E-state index contributed by atoms with van der Waals surface area (Å²) in [4.78, 5) is 0.848. The van der Waals surface area contributed by atoms with Gasteiger partial charge in [0.05, 0.1) is 9.72 Å². The first kappa shape index (κ1) is 10.8. The van der Waals surface area contributed by atoms with Crippen molar-refractivity contribution in [1.29, 1.82) is 0 Å². The van der Waals surface area contributed by atoms with E-state index in [2.05, 4.69) is 0 Å². The number of aryl methyl sites for hydroxylation is 2. The molecular weight excluding hydrogens is 228 g/mol.